The van der Waals surface area contributed by atoms with E-state index in [9.17, 15) is 9.59 Å². The average molecular weight is 225 g/mol. The van der Waals surface area contributed by atoms with Crippen LogP contribution in [0.3, 0.4) is 0 Å². The third-order valence-electron chi connectivity index (χ3n) is 1.77. The van der Waals surface area contributed by atoms with E-state index in [1.807, 2.05) is 0 Å². The Morgan fingerprint density at radius 2 is 2.31 bits per heavy atom. The number of carboxylic acid groups (broad SMARTS) is 1. The fourth-order valence-corrected chi connectivity index (χ4v) is 0.751. The summed E-state index contributed by atoms with van der Waals surface area (Å²) in [6.07, 6.45) is 1.80. The number of aliphatic carboxylic acids is 1. The lowest BCUT2D eigenvalue weighted by atomic mass is 10.1. The minimum atomic E-state index is -1.50. The molecule has 0 aromatic carbocycles. The van der Waals surface area contributed by atoms with Crippen molar-refractivity contribution in [1.29, 1.82) is 0 Å². The Morgan fingerprint density at radius 1 is 1.62 bits per heavy atom. The maximum Gasteiger partial charge on any atom is 0.350 e. The second-order valence-corrected chi connectivity index (χ2v) is 3.48. The van der Waals surface area contributed by atoms with Crippen molar-refractivity contribution in [2.24, 2.45) is 5.16 Å². The van der Waals surface area contributed by atoms with Crippen molar-refractivity contribution in [3.05, 3.63) is 24.2 Å². The zero-order valence-corrected chi connectivity index (χ0v) is 8.84. The Bertz CT molecular complexity index is 405. The van der Waals surface area contributed by atoms with E-state index in [0.29, 0.717) is 6.29 Å². The van der Waals surface area contributed by atoms with Gasteiger partial charge < -0.3 is 14.4 Å². The third kappa shape index (κ3) is 2.69. The highest BCUT2D eigenvalue weighted by Gasteiger charge is 2.30. The number of carbonyl (C=O) groups excluding carboxylic acids is 1. The quantitative estimate of drug-likeness (QED) is 0.459. The van der Waals surface area contributed by atoms with E-state index in [-0.39, 0.29) is 11.5 Å². The number of carbonyl (C=O) groups is 2. The molecule has 0 unspecified atom stereocenters. The minimum Gasteiger partial charge on any atom is -0.478 e. The van der Waals surface area contributed by atoms with Crippen LogP contribution in [0.2, 0.25) is 0 Å². The van der Waals surface area contributed by atoms with Crippen LogP contribution in [-0.4, -0.2) is 28.7 Å². The van der Waals surface area contributed by atoms with E-state index in [1.165, 1.54) is 26.2 Å². The maximum atomic E-state index is 10.7. The molecule has 0 saturated carbocycles. The number of hydrogen-bond donors (Lipinski definition) is 1. The van der Waals surface area contributed by atoms with Crippen LogP contribution in [0.4, 0.5) is 0 Å². The molecule has 0 atom stereocenters. The molecule has 86 valence electrons. The summed E-state index contributed by atoms with van der Waals surface area (Å²) in [5, 5.41) is 12.2. The van der Waals surface area contributed by atoms with Crippen molar-refractivity contribution < 1.29 is 24.0 Å². The fraction of sp³-hybridized carbons (Fsp3) is 0.300. The van der Waals surface area contributed by atoms with Gasteiger partial charge in [-0.2, -0.15) is 0 Å². The van der Waals surface area contributed by atoms with Gasteiger partial charge in [-0.15, -0.1) is 0 Å². The molecule has 0 saturated heterocycles. The highest BCUT2D eigenvalue weighted by Crippen LogP contribution is 2.11. The normalized spacial score (nSPS) is 12.2. The molecule has 0 bridgehead atoms. The number of carboxylic acids is 1. The fourth-order valence-electron chi connectivity index (χ4n) is 0.751. The van der Waals surface area contributed by atoms with Crippen LogP contribution in [0.5, 0.6) is 0 Å². The zero-order valence-electron chi connectivity index (χ0n) is 8.84. The van der Waals surface area contributed by atoms with E-state index in [0.717, 1.165) is 0 Å². The number of rotatable bonds is 5. The molecular formula is C10H11NO5. The van der Waals surface area contributed by atoms with Crippen LogP contribution < -0.4 is 0 Å². The molecule has 0 aliphatic carbocycles. The minimum absolute atomic E-state index is 0.0978. The van der Waals surface area contributed by atoms with E-state index in [2.05, 4.69) is 5.16 Å². The van der Waals surface area contributed by atoms with Gasteiger partial charge in [-0.1, -0.05) is 5.16 Å². The van der Waals surface area contributed by atoms with Crippen LogP contribution in [0, 0.1) is 0 Å². The summed E-state index contributed by atoms with van der Waals surface area (Å²) in [4.78, 5) is 26.1. The third-order valence-corrected chi connectivity index (χ3v) is 1.77. The van der Waals surface area contributed by atoms with E-state index < -0.39 is 11.6 Å². The highest BCUT2D eigenvalue weighted by atomic mass is 16.7. The van der Waals surface area contributed by atoms with Gasteiger partial charge in [0, 0.05) is 0 Å². The molecule has 1 aromatic rings. The van der Waals surface area contributed by atoms with E-state index >= 15 is 0 Å². The predicted molar refractivity (Wildman–Crippen MR) is 54.1 cm³/mol. The van der Waals surface area contributed by atoms with Gasteiger partial charge in [0.2, 0.25) is 5.60 Å². The van der Waals surface area contributed by atoms with Crippen LogP contribution in [-0.2, 0) is 14.4 Å². The number of furan rings is 1. The second kappa shape index (κ2) is 4.61. The Morgan fingerprint density at radius 3 is 2.75 bits per heavy atom. The van der Waals surface area contributed by atoms with Crippen LogP contribution in [0.1, 0.15) is 19.6 Å². The Labute approximate surface area is 91.5 Å². The van der Waals surface area contributed by atoms with Crippen molar-refractivity contribution in [2.75, 3.05) is 0 Å². The SMILES string of the molecule is CC(C)(ON=C(C=O)c1ccco1)C(=O)O. The van der Waals surface area contributed by atoms with Crippen molar-refractivity contribution in [1.82, 2.24) is 0 Å². The molecular weight excluding hydrogens is 214 g/mol. The van der Waals surface area contributed by atoms with Gasteiger partial charge in [0.25, 0.3) is 0 Å². The molecule has 1 rings (SSSR count). The largest absolute Gasteiger partial charge is 0.478 e. The van der Waals surface area contributed by atoms with Gasteiger partial charge in [-0.3, -0.25) is 4.79 Å². The Hall–Kier alpha value is -2.11. The van der Waals surface area contributed by atoms with Crippen LogP contribution in [0.15, 0.2) is 28.0 Å². The first-order valence-corrected chi connectivity index (χ1v) is 4.46. The first-order chi connectivity index (χ1) is 7.47. The summed E-state index contributed by atoms with van der Waals surface area (Å²) in [5.74, 6) is -0.961. The van der Waals surface area contributed by atoms with Gasteiger partial charge in [0.1, 0.15) is 0 Å². The van der Waals surface area contributed by atoms with Crippen molar-refractivity contribution in [3.63, 3.8) is 0 Å². The molecule has 0 amide bonds. The van der Waals surface area contributed by atoms with Crippen LogP contribution >= 0.6 is 0 Å². The number of oxime groups is 1. The van der Waals surface area contributed by atoms with Crippen LogP contribution in [0.25, 0.3) is 0 Å². The number of hydrogen-bond acceptors (Lipinski definition) is 5. The first-order valence-electron chi connectivity index (χ1n) is 4.46. The van der Waals surface area contributed by atoms with E-state index in [4.69, 9.17) is 14.4 Å². The van der Waals surface area contributed by atoms with Crippen molar-refractivity contribution in [2.45, 2.75) is 19.4 Å². The monoisotopic (exact) mass is 225 g/mol. The predicted octanol–water partition coefficient (Wildman–Crippen LogP) is 1.06. The molecule has 6 nitrogen and oxygen atoms in total. The summed E-state index contributed by atoms with van der Waals surface area (Å²) < 4.78 is 4.92. The highest BCUT2D eigenvalue weighted by molar-refractivity contribution is 6.35. The molecule has 0 aliphatic rings. The molecule has 0 radical (unpaired) electrons. The molecule has 6 heteroatoms. The summed E-state index contributed by atoms with van der Waals surface area (Å²) in [7, 11) is 0. The molecule has 1 heterocycles. The zero-order chi connectivity index (χ0) is 12.2. The molecule has 1 N–H and O–H groups in total. The van der Waals surface area contributed by atoms with Gasteiger partial charge in [0.05, 0.1) is 6.26 Å². The summed E-state index contributed by atoms with van der Waals surface area (Å²) in [5.41, 5.74) is -1.60. The van der Waals surface area contributed by atoms with Gasteiger partial charge in [-0.25, -0.2) is 4.79 Å². The molecule has 1 aromatic heterocycles. The summed E-state index contributed by atoms with van der Waals surface area (Å²) >= 11 is 0. The van der Waals surface area contributed by atoms with Crippen molar-refractivity contribution >= 4 is 18.0 Å². The standard InChI is InChI=1S/C10H11NO5/c1-10(2,9(13)14)16-11-7(6-12)8-4-3-5-15-8/h3-6H,1-2H3,(H,13,14). The smallest absolute Gasteiger partial charge is 0.350 e. The Kier molecular flexibility index (Phi) is 3.44. The van der Waals surface area contributed by atoms with E-state index in [1.54, 1.807) is 6.07 Å². The maximum absolute atomic E-state index is 10.7. The lowest BCUT2D eigenvalue weighted by Gasteiger charge is -2.16. The number of nitrogens with zero attached hydrogens (tertiary/aromatic N) is 1. The van der Waals surface area contributed by atoms with Gasteiger partial charge in [0.15, 0.2) is 17.8 Å². The molecule has 0 aliphatic heterocycles. The van der Waals surface area contributed by atoms with Crippen molar-refractivity contribution in [3.8, 4) is 0 Å². The lowest BCUT2D eigenvalue weighted by molar-refractivity contribution is -0.161. The first kappa shape index (κ1) is 12.0. The number of aldehydes is 1. The topological polar surface area (TPSA) is 89.1 Å². The van der Waals surface area contributed by atoms with Gasteiger partial charge >= 0.3 is 5.97 Å². The average Bonchev–Trinajstić information content (AvgIpc) is 2.71. The molecule has 0 spiro atoms. The van der Waals surface area contributed by atoms with Gasteiger partial charge in [-0.05, 0) is 26.0 Å². The molecule has 16 heavy (non-hydrogen) atoms. The lowest BCUT2D eigenvalue weighted by Crippen LogP contribution is -2.33. The second-order valence-electron chi connectivity index (χ2n) is 3.48. The molecule has 0 fully saturated rings. The summed E-state index contributed by atoms with van der Waals surface area (Å²) in [6.45, 7) is 2.65. The summed E-state index contributed by atoms with van der Waals surface area (Å²) in [6, 6.07) is 3.10. The Balaban J connectivity index is 2.83.